The standard InChI is InChI=1S/C25H29F2N5O.C5H8N2.C3H4/c1-5-31-11-12-32(16(2)3)23(33)14-17-13-20-21(15-22(17)31)30-24(29-20)28-19-10-8-6-7-9-18(19)25(4,26)27;1-4-3-6-7-5(4)2;1-3-2/h6-9,13,15H,2,5,10-12,14H2,1,3-4H3,(H2,28,29,30);3H,1-2H3,(H,6,7);1H,2H3. The lowest BCUT2D eigenvalue weighted by Crippen LogP contribution is -2.41. The highest BCUT2D eigenvalue weighted by molar-refractivity contribution is 5.89. The average molecular weight is 590 g/mol. The summed E-state index contributed by atoms with van der Waals surface area (Å²) in [6.45, 7) is 16.5. The molecule has 0 bridgehead atoms. The van der Waals surface area contributed by atoms with Gasteiger partial charge >= 0.3 is 0 Å². The lowest BCUT2D eigenvalue weighted by atomic mass is 10.0. The summed E-state index contributed by atoms with van der Waals surface area (Å²) >= 11 is 0. The number of hydrogen-bond donors (Lipinski definition) is 3. The number of anilines is 2. The van der Waals surface area contributed by atoms with Crippen molar-refractivity contribution in [2.75, 3.05) is 29.9 Å². The third-order valence-electron chi connectivity index (χ3n) is 7.08. The Morgan fingerprint density at radius 3 is 2.53 bits per heavy atom. The fraction of sp³-hybridized carbons (Fsp3) is 0.364. The van der Waals surface area contributed by atoms with Crippen molar-refractivity contribution in [3.8, 4) is 12.3 Å². The molecule has 8 nitrogen and oxygen atoms in total. The minimum absolute atomic E-state index is 0.00808. The Morgan fingerprint density at radius 1 is 1.26 bits per heavy atom. The molecule has 0 unspecified atom stereocenters. The molecule has 0 spiro atoms. The van der Waals surface area contributed by atoms with E-state index < -0.39 is 5.92 Å². The summed E-state index contributed by atoms with van der Waals surface area (Å²) < 4.78 is 28.4. The van der Waals surface area contributed by atoms with E-state index in [0.717, 1.165) is 41.6 Å². The molecule has 1 aromatic carbocycles. The van der Waals surface area contributed by atoms with Crippen LogP contribution in [0.2, 0.25) is 0 Å². The normalized spacial score (nSPS) is 14.9. The van der Waals surface area contributed by atoms with Crippen LogP contribution in [-0.4, -0.2) is 56.5 Å². The van der Waals surface area contributed by atoms with E-state index in [1.807, 2.05) is 45.2 Å². The van der Waals surface area contributed by atoms with Gasteiger partial charge in [-0.25, -0.2) is 13.8 Å². The molecule has 3 heterocycles. The number of amides is 1. The van der Waals surface area contributed by atoms with Gasteiger partial charge in [-0.3, -0.25) is 9.89 Å². The molecule has 5 rings (SSSR count). The van der Waals surface area contributed by atoms with Crippen LogP contribution < -0.4 is 10.2 Å². The van der Waals surface area contributed by atoms with Crippen LogP contribution in [0.5, 0.6) is 0 Å². The molecule has 0 radical (unpaired) electrons. The van der Waals surface area contributed by atoms with Crippen LogP contribution in [-0.2, 0) is 11.2 Å². The Bertz CT molecular complexity index is 1560. The Hall–Kier alpha value is -4.65. The number of nitrogens with zero attached hydrogens (tertiary/aromatic N) is 4. The van der Waals surface area contributed by atoms with E-state index in [1.54, 1.807) is 24.0 Å². The first kappa shape index (κ1) is 32.9. The number of H-pyrrole nitrogens is 2. The second-order valence-corrected chi connectivity index (χ2v) is 10.5. The fourth-order valence-electron chi connectivity index (χ4n) is 4.75. The zero-order chi connectivity index (χ0) is 31.7. The number of aryl methyl sites for hydroxylation is 2. The van der Waals surface area contributed by atoms with Crippen LogP contribution in [0, 0.1) is 26.2 Å². The van der Waals surface area contributed by atoms with Gasteiger partial charge in [0.25, 0.3) is 5.92 Å². The van der Waals surface area contributed by atoms with Crippen molar-refractivity contribution < 1.29 is 13.6 Å². The Kier molecular flexibility index (Phi) is 11.1. The summed E-state index contributed by atoms with van der Waals surface area (Å²) in [7, 11) is 0. The van der Waals surface area contributed by atoms with Crippen LogP contribution >= 0.6 is 0 Å². The second kappa shape index (κ2) is 14.5. The molecule has 3 aromatic rings. The summed E-state index contributed by atoms with van der Waals surface area (Å²) in [6.07, 6.45) is 13.6. The van der Waals surface area contributed by atoms with E-state index in [9.17, 15) is 13.6 Å². The summed E-state index contributed by atoms with van der Waals surface area (Å²) in [5.41, 5.74) is 6.76. The molecular weight excluding hydrogens is 548 g/mol. The number of imidazole rings is 1. The number of fused-ring (bicyclic) bond motifs is 2. The highest BCUT2D eigenvalue weighted by Crippen LogP contribution is 2.33. The highest BCUT2D eigenvalue weighted by atomic mass is 19.3. The topological polar surface area (TPSA) is 92.9 Å². The van der Waals surface area contributed by atoms with E-state index in [-0.39, 0.29) is 17.9 Å². The second-order valence-electron chi connectivity index (χ2n) is 10.5. The van der Waals surface area contributed by atoms with Gasteiger partial charge in [0, 0.05) is 61.3 Å². The quantitative estimate of drug-likeness (QED) is 0.284. The van der Waals surface area contributed by atoms with Gasteiger partial charge in [-0.2, -0.15) is 5.10 Å². The Labute approximate surface area is 252 Å². The van der Waals surface area contributed by atoms with Crippen LogP contribution in [0.25, 0.3) is 11.0 Å². The SMILES string of the molecule is C#CC.C=C(C)N1CCN(CC)c2cc3nc(NC4=C(C(C)(F)F)C=CC=CC4)[nH]c3cc2CC1=O.Cc1cn[nH]c1C. The lowest BCUT2D eigenvalue weighted by molar-refractivity contribution is -0.128. The molecule has 2 aromatic heterocycles. The van der Waals surface area contributed by atoms with E-state index in [2.05, 4.69) is 56.2 Å². The number of likely N-dealkylation sites (N-methyl/N-ethyl adjacent to an activating group) is 1. The molecule has 1 aliphatic heterocycles. The first-order valence-corrected chi connectivity index (χ1v) is 14.2. The smallest absolute Gasteiger partial charge is 0.272 e. The molecule has 10 heteroatoms. The summed E-state index contributed by atoms with van der Waals surface area (Å²) in [6, 6.07) is 3.90. The molecule has 0 fully saturated rings. The van der Waals surface area contributed by atoms with E-state index >= 15 is 0 Å². The molecular formula is C33H41F2N7O. The summed E-state index contributed by atoms with van der Waals surface area (Å²) in [4.78, 5) is 24.6. The molecule has 0 saturated heterocycles. The summed E-state index contributed by atoms with van der Waals surface area (Å²) in [5.74, 6) is -0.334. The fourth-order valence-corrected chi connectivity index (χ4v) is 4.75. The molecule has 228 valence electrons. The van der Waals surface area contributed by atoms with Gasteiger partial charge in [-0.1, -0.05) is 30.9 Å². The van der Waals surface area contributed by atoms with Crippen molar-refractivity contribution in [1.82, 2.24) is 25.1 Å². The van der Waals surface area contributed by atoms with Gasteiger partial charge in [0.15, 0.2) is 0 Å². The van der Waals surface area contributed by atoms with Crippen LogP contribution in [0.1, 0.15) is 50.9 Å². The highest BCUT2D eigenvalue weighted by Gasteiger charge is 2.29. The molecule has 43 heavy (non-hydrogen) atoms. The first-order chi connectivity index (χ1) is 20.4. The van der Waals surface area contributed by atoms with E-state index in [0.29, 0.717) is 36.7 Å². The molecule has 0 saturated carbocycles. The van der Waals surface area contributed by atoms with Crippen molar-refractivity contribution in [2.24, 2.45) is 0 Å². The monoisotopic (exact) mass is 589 g/mol. The van der Waals surface area contributed by atoms with Gasteiger partial charge in [-0.05, 0) is 57.9 Å². The first-order valence-electron chi connectivity index (χ1n) is 14.2. The number of alkyl halides is 2. The number of rotatable bonds is 5. The number of allylic oxidation sites excluding steroid dienone is 6. The van der Waals surface area contributed by atoms with Gasteiger partial charge in [0.2, 0.25) is 11.9 Å². The maximum atomic E-state index is 14.2. The van der Waals surface area contributed by atoms with Crippen molar-refractivity contribution in [2.45, 2.75) is 60.3 Å². The largest absolute Gasteiger partial charge is 0.370 e. The number of hydrogen-bond acceptors (Lipinski definition) is 5. The van der Waals surface area contributed by atoms with Crippen molar-refractivity contribution in [3.63, 3.8) is 0 Å². The molecule has 3 N–H and O–H groups in total. The van der Waals surface area contributed by atoms with Crippen LogP contribution in [0.4, 0.5) is 20.4 Å². The van der Waals surface area contributed by atoms with Crippen molar-refractivity contribution in [3.05, 3.63) is 83.0 Å². The average Bonchev–Trinajstić information content (AvgIpc) is 3.40. The molecule has 1 aliphatic carbocycles. The predicted octanol–water partition coefficient (Wildman–Crippen LogP) is 6.81. The van der Waals surface area contributed by atoms with Crippen molar-refractivity contribution >= 4 is 28.6 Å². The van der Waals surface area contributed by atoms with Gasteiger partial charge in [-0.15, -0.1) is 12.3 Å². The number of aromatic amines is 2. The van der Waals surface area contributed by atoms with E-state index in [4.69, 9.17) is 0 Å². The number of benzene rings is 1. The third kappa shape index (κ3) is 8.44. The molecule has 2 aliphatic rings. The van der Waals surface area contributed by atoms with Gasteiger partial charge in [0.05, 0.1) is 23.7 Å². The third-order valence-corrected chi connectivity index (χ3v) is 7.08. The van der Waals surface area contributed by atoms with Crippen molar-refractivity contribution in [1.29, 1.82) is 0 Å². The zero-order valence-corrected chi connectivity index (χ0v) is 25.8. The predicted molar refractivity (Wildman–Crippen MR) is 171 cm³/mol. The summed E-state index contributed by atoms with van der Waals surface area (Å²) in [5, 5.41) is 9.68. The minimum atomic E-state index is -2.98. The number of aromatic nitrogens is 4. The number of carbonyl (C=O) groups excluding carboxylic acids is 1. The zero-order valence-electron chi connectivity index (χ0n) is 25.8. The maximum absolute atomic E-state index is 14.2. The lowest BCUT2D eigenvalue weighted by Gasteiger charge is -2.33. The number of halogens is 2. The number of carbonyl (C=O) groups is 1. The number of terminal acetylenes is 1. The Morgan fingerprint density at radius 2 is 1.98 bits per heavy atom. The van der Waals surface area contributed by atoms with Crippen LogP contribution in [0.15, 0.2) is 66.2 Å². The van der Waals surface area contributed by atoms with E-state index in [1.165, 1.54) is 11.6 Å². The molecule has 0 atom stereocenters. The molecule has 1 amide bonds. The number of nitrogens with one attached hydrogen (secondary N) is 3. The van der Waals surface area contributed by atoms with Gasteiger partial charge < -0.3 is 20.1 Å². The minimum Gasteiger partial charge on any atom is -0.370 e. The van der Waals surface area contributed by atoms with Crippen LogP contribution in [0.3, 0.4) is 0 Å². The Balaban J connectivity index is 0.000000432. The maximum Gasteiger partial charge on any atom is 0.272 e. The van der Waals surface area contributed by atoms with Gasteiger partial charge in [0.1, 0.15) is 0 Å².